The third-order valence-electron chi connectivity index (χ3n) is 3.98. The molecule has 3 rings (SSSR count). The zero-order valence-corrected chi connectivity index (χ0v) is 13.1. The molecule has 1 aromatic heterocycles. The van der Waals surface area contributed by atoms with Crippen LogP contribution < -0.4 is 4.57 Å². The minimum Gasteiger partial charge on any atom is -0.200 e. The maximum atomic E-state index is 14.7. The molecule has 0 aliphatic heterocycles. The first-order valence-corrected chi connectivity index (χ1v) is 7.38. The third kappa shape index (κ3) is 2.64. The van der Waals surface area contributed by atoms with Crippen molar-refractivity contribution in [2.24, 2.45) is 7.05 Å². The number of benzene rings is 2. The predicted octanol–water partition coefficient (Wildman–Crippen LogP) is 4.60. The van der Waals surface area contributed by atoms with Crippen LogP contribution in [-0.2, 0) is 7.05 Å². The van der Waals surface area contributed by atoms with E-state index in [1.165, 1.54) is 5.56 Å². The molecule has 0 N–H and O–H groups in total. The highest BCUT2D eigenvalue weighted by atomic mass is 19.1. The summed E-state index contributed by atoms with van der Waals surface area (Å²) < 4.78 is 16.6. The quantitative estimate of drug-likeness (QED) is 0.608. The molecule has 0 fully saturated rings. The Morgan fingerprint density at radius 1 is 0.864 bits per heavy atom. The molecule has 0 saturated heterocycles. The normalized spacial score (nSPS) is 10.7. The number of hydrogen-bond donors (Lipinski definition) is 0. The maximum Gasteiger partial charge on any atom is 0.248 e. The van der Waals surface area contributed by atoms with Crippen LogP contribution >= 0.6 is 0 Å². The van der Waals surface area contributed by atoms with E-state index in [0.29, 0.717) is 5.69 Å². The van der Waals surface area contributed by atoms with Crippen molar-refractivity contribution in [1.29, 1.82) is 0 Å². The molecule has 0 saturated carbocycles. The molecule has 3 aromatic rings. The molecule has 0 unspecified atom stereocenters. The monoisotopic (exact) mass is 292 g/mol. The van der Waals surface area contributed by atoms with Crippen molar-refractivity contribution in [2.75, 3.05) is 0 Å². The summed E-state index contributed by atoms with van der Waals surface area (Å²) in [6.45, 7) is 4.05. The van der Waals surface area contributed by atoms with Gasteiger partial charge in [-0.25, -0.2) is 0 Å². The van der Waals surface area contributed by atoms with E-state index in [0.717, 1.165) is 22.3 Å². The molecule has 0 atom stereocenters. The molecule has 0 bridgehead atoms. The molecule has 1 heterocycles. The van der Waals surface area contributed by atoms with Gasteiger partial charge in [0.15, 0.2) is 12.0 Å². The van der Waals surface area contributed by atoms with Crippen LogP contribution in [0.25, 0.3) is 22.4 Å². The Labute approximate surface area is 130 Å². The fraction of sp³-hybridized carbons (Fsp3) is 0.150. The average molecular weight is 292 g/mol. The van der Waals surface area contributed by atoms with Crippen molar-refractivity contribution in [2.45, 2.75) is 13.8 Å². The first-order chi connectivity index (χ1) is 10.6. The Balaban J connectivity index is 2.13. The summed E-state index contributed by atoms with van der Waals surface area (Å²) in [5.74, 6) is -0.199. The molecule has 0 aliphatic rings. The van der Waals surface area contributed by atoms with Crippen molar-refractivity contribution >= 4 is 0 Å². The summed E-state index contributed by atoms with van der Waals surface area (Å²) in [6.07, 6.45) is 1.98. The second-order valence-corrected chi connectivity index (χ2v) is 5.72. The Kier molecular flexibility index (Phi) is 3.76. The number of rotatable bonds is 2. The van der Waals surface area contributed by atoms with Gasteiger partial charge in [-0.15, -0.1) is 0 Å². The molecule has 22 heavy (non-hydrogen) atoms. The van der Waals surface area contributed by atoms with E-state index in [1.807, 2.05) is 80.2 Å². The van der Waals surface area contributed by atoms with E-state index in [2.05, 4.69) is 0 Å². The second kappa shape index (κ2) is 5.72. The predicted molar refractivity (Wildman–Crippen MR) is 87.9 cm³/mol. The van der Waals surface area contributed by atoms with Crippen molar-refractivity contribution in [3.05, 3.63) is 77.7 Å². The van der Waals surface area contributed by atoms with E-state index in [-0.39, 0.29) is 5.82 Å². The van der Waals surface area contributed by atoms with Gasteiger partial charge in [-0.05, 0) is 37.1 Å². The highest BCUT2D eigenvalue weighted by Gasteiger charge is 2.20. The lowest BCUT2D eigenvalue weighted by molar-refractivity contribution is -0.661. The summed E-state index contributed by atoms with van der Waals surface area (Å²) in [7, 11) is 1.89. The number of hydrogen-bond acceptors (Lipinski definition) is 0. The van der Waals surface area contributed by atoms with Gasteiger partial charge in [-0.3, -0.25) is 0 Å². The van der Waals surface area contributed by atoms with Gasteiger partial charge < -0.3 is 0 Å². The molecule has 0 spiro atoms. The molecule has 1 nitrogen and oxygen atoms in total. The van der Waals surface area contributed by atoms with Crippen LogP contribution in [0.15, 0.2) is 60.8 Å². The highest BCUT2D eigenvalue weighted by Crippen LogP contribution is 2.26. The van der Waals surface area contributed by atoms with Crippen LogP contribution in [0.5, 0.6) is 0 Å². The Bertz CT molecular complexity index is 796. The van der Waals surface area contributed by atoms with Crippen LogP contribution in [0.3, 0.4) is 0 Å². The van der Waals surface area contributed by atoms with Crippen LogP contribution in [0.4, 0.5) is 4.39 Å². The molecule has 2 aromatic carbocycles. The highest BCUT2D eigenvalue weighted by molar-refractivity contribution is 5.66. The molecule has 0 aliphatic carbocycles. The second-order valence-electron chi connectivity index (χ2n) is 5.72. The van der Waals surface area contributed by atoms with Crippen LogP contribution in [0.1, 0.15) is 11.1 Å². The van der Waals surface area contributed by atoms with Crippen molar-refractivity contribution in [1.82, 2.24) is 0 Å². The van der Waals surface area contributed by atoms with Gasteiger partial charge in [-0.1, -0.05) is 48.0 Å². The number of nitrogens with zero attached hydrogens (tertiary/aromatic N) is 1. The number of halogens is 1. The van der Waals surface area contributed by atoms with Crippen molar-refractivity contribution < 1.29 is 8.96 Å². The summed E-state index contributed by atoms with van der Waals surface area (Å²) in [5, 5.41) is 0. The largest absolute Gasteiger partial charge is 0.248 e. The standard InChI is InChI=1S/C20H19FN/c1-14-8-10-16(11-9-14)17-12-19(21)20(22(3)13-17)18-7-5-4-6-15(18)2/h4-13H,1-3H3/q+1. The van der Waals surface area contributed by atoms with Crippen LogP contribution in [0, 0.1) is 19.7 Å². The molecular formula is C20H19FN+. The molecule has 110 valence electrons. The molecule has 0 amide bonds. The fourth-order valence-electron chi connectivity index (χ4n) is 2.74. The van der Waals surface area contributed by atoms with Gasteiger partial charge in [-0.2, -0.15) is 8.96 Å². The summed E-state index contributed by atoms with van der Waals surface area (Å²) >= 11 is 0. The zero-order valence-electron chi connectivity index (χ0n) is 13.1. The van der Waals surface area contributed by atoms with Gasteiger partial charge in [0.05, 0.1) is 5.56 Å². The van der Waals surface area contributed by atoms with Crippen molar-refractivity contribution in [3.8, 4) is 22.4 Å². The number of pyridine rings is 1. The molecular weight excluding hydrogens is 273 g/mol. The minimum absolute atomic E-state index is 0.199. The van der Waals surface area contributed by atoms with E-state index in [1.54, 1.807) is 6.07 Å². The summed E-state index contributed by atoms with van der Waals surface area (Å²) in [6, 6.07) is 17.6. The van der Waals surface area contributed by atoms with Crippen LogP contribution in [0.2, 0.25) is 0 Å². The summed E-state index contributed by atoms with van der Waals surface area (Å²) in [5.41, 5.74) is 5.73. The van der Waals surface area contributed by atoms with E-state index < -0.39 is 0 Å². The van der Waals surface area contributed by atoms with Gasteiger partial charge in [0.25, 0.3) is 0 Å². The number of aryl methyl sites for hydroxylation is 3. The first kappa shape index (κ1) is 14.5. The fourth-order valence-corrected chi connectivity index (χ4v) is 2.74. The topological polar surface area (TPSA) is 3.88 Å². The molecule has 0 radical (unpaired) electrons. The summed E-state index contributed by atoms with van der Waals surface area (Å²) in [4.78, 5) is 0. The SMILES string of the molecule is Cc1ccc(-c2cc(F)c(-c3ccccc3C)[n+](C)c2)cc1. The van der Waals surface area contributed by atoms with Gasteiger partial charge in [0, 0.05) is 5.56 Å². The van der Waals surface area contributed by atoms with Gasteiger partial charge >= 0.3 is 0 Å². The Morgan fingerprint density at radius 3 is 2.18 bits per heavy atom. The Hall–Kier alpha value is -2.48. The minimum atomic E-state index is -0.199. The van der Waals surface area contributed by atoms with Gasteiger partial charge in [0.2, 0.25) is 5.69 Å². The third-order valence-corrected chi connectivity index (χ3v) is 3.98. The average Bonchev–Trinajstić information content (AvgIpc) is 2.49. The number of aromatic nitrogens is 1. The smallest absolute Gasteiger partial charge is 0.200 e. The maximum absolute atomic E-state index is 14.7. The molecule has 2 heteroatoms. The first-order valence-electron chi connectivity index (χ1n) is 7.38. The van der Waals surface area contributed by atoms with Crippen molar-refractivity contribution in [3.63, 3.8) is 0 Å². The lowest BCUT2D eigenvalue weighted by Gasteiger charge is -2.08. The van der Waals surface area contributed by atoms with E-state index >= 15 is 0 Å². The lowest BCUT2D eigenvalue weighted by atomic mass is 10.0. The van der Waals surface area contributed by atoms with Gasteiger partial charge in [0.1, 0.15) is 7.05 Å². The Morgan fingerprint density at radius 2 is 1.55 bits per heavy atom. The van der Waals surface area contributed by atoms with Crippen LogP contribution in [-0.4, -0.2) is 0 Å². The lowest BCUT2D eigenvalue weighted by Crippen LogP contribution is -2.32. The van der Waals surface area contributed by atoms with E-state index in [9.17, 15) is 4.39 Å². The van der Waals surface area contributed by atoms with E-state index in [4.69, 9.17) is 0 Å². The zero-order chi connectivity index (χ0) is 15.7.